The van der Waals surface area contributed by atoms with Gasteiger partial charge in [-0.3, -0.25) is 14.4 Å². The second-order valence-corrected chi connectivity index (χ2v) is 6.59. The molecule has 0 fully saturated rings. The van der Waals surface area contributed by atoms with Crippen molar-refractivity contribution in [2.75, 3.05) is 24.4 Å². The molecule has 1 aliphatic rings. The van der Waals surface area contributed by atoms with Gasteiger partial charge in [0.05, 0.1) is 31.0 Å². The second kappa shape index (κ2) is 7.71. The summed E-state index contributed by atoms with van der Waals surface area (Å²) in [6, 6.07) is 18.0. The highest BCUT2D eigenvalue weighted by atomic mass is 16.5. The summed E-state index contributed by atoms with van der Waals surface area (Å²) in [7, 11) is 3.10. The number of nitrogens with one attached hydrogen (secondary N) is 1. The Morgan fingerprint density at radius 3 is 1.93 bits per heavy atom. The van der Waals surface area contributed by atoms with Crippen molar-refractivity contribution in [1.29, 1.82) is 0 Å². The molecule has 0 atom stereocenters. The van der Waals surface area contributed by atoms with Crippen LogP contribution in [0.4, 0.5) is 11.4 Å². The van der Waals surface area contributed by atoms with E-state index in [9.17, 15) is 14.4 Å². The fourth-order valence-corrected chi connectivity index (χ4v) is 3.23. The van der Waals surface area contributed by atoms with Gasteiger partial charge in [-0.1, -0.05) is 0 Å². The quantitative estimate of drug-likeness (QED) is 0.657. The van der Waals surface area contributed by atoms with Crippen LogP contribution in [0.15, 0.2) is 66.7 Å². The Kier molecular flexibility index (Phi) is 4.93. The van der Waals surface area contributed by atoms with Gasteiger partial charge in [-0.25, -0.2) is 4.90 Å². The third kappa shape index (κ3) is 3.37. The Labute approximate surface area is 172 Å². The molecule has 4 rings (SSSR count). The van der Waals surface area contributed by atoms with E-state index >= 15 is 0 Å². The first-order valence-electron chi connectivity index (χ1n) is 9.14. The van der Waals surface area contributed by atoms with E-state index in [1.165, 1.54) is 25.3 Å². The Hall–Kier alpha value is -4.13. The lowest BCUT2D eigenvalue weighted by atomic mass is 10.1. The van der Waals surface area contributed by atoms with E-state index in [2.05, 4.69) is 5.32 Å². The van der Waals surface area contributed by atoms with E-state index in [4.69, 9.17) is 9.47 Å². The standard InChI is InChI=1S/C23H18N2O5/c1-29-17-8-4-15(5-9-17)24-21(26)14-3-12-19-20(13-14)23(28)25(22(19)27)16-6-10-18(30-2)11-7-16/h3-13H,1-2H3,(H,24,26). The van der Waals surface area contributed by atoms with Crippen LogP contribution in [0.2, 0.25) is 0 Å². The minimum atomic E-state index is -0.473. The number of carbonyl (C=O) groups excluding carboxylic acids is 3. The summed E-state index contributed by atoms with van der Waals surface area (Å²) in [5.41, 5.74) is 1.76. The van der Waals surface area contributed by atoms with Crippen molar-refractivity contribution in [2.45, 2.75) is 0 Å². The van der Waals surface area contributed by atoms with Crippen LogP contribution in [0.5, 0.6) is 11.5 Å². The monoisotopic (exact) mass is 402 g/mol. The lowest BCUT2D eigenvalue weighted by molar-refractivity contribution is 0.0925. The Morgan fingerprint density at radius 1 is 0.767 bits per heavy atom. The summed E-state index contributed by atoms with van der Waals surface area (Å²) in [5.74, 6) is 0.00812. The van der Waals surface area contributed by atoms with Crippen LogP contribution in [0, 0.1) is 0 Å². The molecule has 0 bridgehead atoms. The van der Waals surface area contributed by atoms with Crippen LogP contribution >= 0.6 is 0 Å². The first-order chi connectivity index (χ1) is 14.5. The van der Waals surface area contributed by atoms with Gasteiger partial charge in [-0.05, 0) is 66.7 Å². The molecule has 3 aromatic carbocycles. The topological polar surface area (TPSA) is 84.9 Å². The number of carbonyl (C=O) groups is 3. The molecule has 3 amide bonds. The molecule has 0 spiro atoms. The van der Waals surface area contributed by atoms with Gasteiger partial charge in [0.25, 0.3) is 17.7 Å². The largest absolute Gasteiger partial charge is 0.497 e. The molecule has 7 heteroatoms. The number of imide groups is 1. The van der Waals surface area contributed by atoms with E-state index < -0.39 is 11.8 Å². The molecule has 1 heterocycles. The van der Waals surface area contributed by atoms with Crippen molar-refractivity contribution >= 4 is 29.1 Å². The first-order valence-corrected chi connectivity index (χ1v) is 9.14. The van der Waals surface area contributed by atoms with Gasteiger partial charge >= 0.3 is 0 Å². The van der Waals surface area contributed by atoms with E-state index in [-0.39, 0.29) is 22.6 Å². The molecule has 1 aliphatic heterocycles. The van der Waals surface area contributed by atoms with Crippen molar-refractivity contribution in [2.24, 2.45) is 0 Å². The van der Waals surface area contributed by atoms with E-state index in [0.29, 0.717) is 22.9 Å². The third-order valence-electron chi connectivity index (χ3n) is 4.83. The summed E-state index contributed by atoms with van der Waals surface area (Å²) in [6.07, 6.45) is 0. The second-order valence-electron chi connectivity index (χ2n) is 6.59. The Morgan fingerprint density at radius 2 is 1.33 bits per heavy atom. The van der Waals surface area contributed by atoms with Crippen LogP contribution in [0.1, 0.15) is 31.1 Å². The molecule has 0 unspecified atom stereocenters. The normalized spacial score (nSPS) is 12.5. The smallest absolute Gasteiger partial charge is 0.266 e. The zero-order valence-electron chi connectivity index (χ0n) is 16.3. The van der Waals surface area contributed by atoms with Crippen LogP contribution < -0.4 is 19.7 Å². The lowest BCUT2D eigenvalue weighted by Crippen LogP contribution is -2.29. The predicted molar refractivity (Wildman–Crippen MR) is 112 cm³/mol. The molecule has 150 valence electrons. The molecule has 0 saturated carbocycles. The van der Waals surface area contributed by atoms with Crippen molar-refractivity contribution in [3.63, 3.8) is 0 Å². The first kappa shape index (κ1) is 19.2. The van der Waals surface area contributed by atoms with Gasteiger partial charge in [0.15, 0.2) is 0 Å². The summed E-state index contributed by atoms with van der Waals surface area (Å²) < 4.78 is 10.2. The number of benzene rings is 3. The van der Waals surface area contributed by atoms with Crippen LogP contribution in [0.25, 0.3) is 0 Å². The summed E-state index contributed by atoms with van der Waals surface area (Å²) >= 11 is 0. The SMILES string of the molecule is COc1ccc(NC(=O)c2ccc3c(c2)C(=O)N(c2ccc(OC)cc2)C3=O)cc1. The van der Waals surface area contributed by atoms with E-state index in [1.54, 1.807) is 55.6 Å². The minimum absolute atomic E-state index is 0.193. The van der Waals surface area contributed by atoms with E-state index in [1.807, 2.05) is 0 Å². The molecular formula is C23H18N2O5. The maximum atomic E-state index is 12.9. The average molecular weight is 402 g/mol. The van der Waals surface area contributed by atoms with Gasteiger partial charge in [0.2, 0.25) is 0 Å². The number of anilines is 2. The molecule has 0 saturated heterocycles. The molecule has 0 aliphatic carbocycles. The molecular weight excluding hydrogens is 384 g/mol. The number of nitrogens with zero attached hydrogens (tertiary/aromatic N) is 1. The van der Waals surface area contributed by atoms with Crippen molar-refractivity contribution < 1.29 is 23.9 Å². The Balaban J connectivity index is 1.58. The average Bonchev–Trinajstić information content (AvgIpc) is 3.04. The number of fused-ring (bicyclic) bond motifs is 1. The molecule has 7 nitrogen and oxygen atoms in total. The highest BCUT2D eigenvalue weighted by molar-refractivity contribution is 6.34. The maximum Gasteiger partial charge on any atom is 0.266 e. The fourth-order valence-electron chi connectivity index (χ4n) is 3.23. The number of methoxy groups -OCH3 is 2. The van der Waals surface area contributed by atoms with Crippen LogP contribution in [-0.4, -0.2) is 31.9 Å². The van der Waals surface area contributed by atoms with Crippen molar-refractivity contribution in [1.82, 2.24) is 0 Å². The molecule has 30 heavy (non-hydrogen) atoms. The summed E-state index contributed by atoms with van der Waals surface area (Å²) in [4.78, 5) is 39.4. The predicted octanol–water partition coefficient (Wildman–Crippen LogP) is 3.76. The van der Waals surface area contributed by atoms with Crippen molar-refractivity contribution in [3.05, 3.63) is 83.4 Å². The van der Waals surface area contributed by atoms with Gasteiger partial charge in [0, 0.05) is 11.3 Å². The molecule has 0 radical (unpaired) electrons. The number of amides is 3. The highest BCUT2D eigenvalue weighted by Gasteiger charge is 2.37. The minimum Gasteiger partial charge on any atom is -0.497 e. The molecule has 1 N–H and O–H groups in total. The van der Waals surface area contributed by atoms with Gasteiger partial charge < -0.3 is 14.8 Å². The van der Waals surface area contributed by atoms with Crippen molar-refractivity contribution in [3.8, 4) is 11.5 Å². The number of ether oxygens (including phenoxy) is 2. The molecule has 0 aromatic heterocycles. The Bertz CT molecular complexity index is 1140. The third-order valence-corrected chi connectivity index (χ3v) is 4.83. The van der Waals surface area contributed by atoms with Gasteiger partial charge in [0.1, 0.15) is 11.5 Å². The highest BCUT2D eigenvalue weighted by Crippen LogP contribution is 2.30. The van der Waals surface area contributed by atoms with Gasteiger partial charge in [-0.15, -0.1) is 0 Å². The van der Waals surface area contributed by atoms with E-state index in [0.717, 1.165) is 4.90 Å². The number of rotatable bonds is 5. The van der Waals surface area contributed by atoms with Crippen LogP contribution in [0.3, 0.4) is 0 Å². The zero-order valence-corrected chi connectivity index (χ0v) is 16.3. The van der Waals surface area contributed by atoms with Crippen LogP contribution in [-0.2, 0) is 0 Å². The number of hydrogen-bond donors (Lipinski definition) is 1. The summed E-state index contributed by atoms with van der Waals surface area (Å²) in [6.45, 7) is 0. The summed E-state index contributed by atoms with van der Waals surface area (Å²) in [5, 5.41) is 2.76. The molecule has 3 aromatic rings. The lowest BCUT2D eigenvalue weighted by Gasteiger charge is -2.14. The maximum absolute atomic E-state index is 12.9. The number of hydrogen-bond acceptors (Lipinski definition) is 5. The fraction of sp³-hybridized carbons (Fsp3) is 0.0870. The zero-order chi connectivity index (χ0) is 21.3. The van der Waals surface area contributed by atoms with Gasteiger partial charge in [-0.2, -0.15) is 0 Å².